The summed E-state index contributed by atoms with van der Waals surface area (Å²) in [5.74, 6) is 1.32. The number of benzene rings is 3. The first-order chi connectivity index (χ1) is 14.1. The summed E-state index contributed by atoms with van der Waals surface area (Å²) in [5, 5.41) is 15.3. The molecule has 144 valence electrons. The Morgan fingerprint density at radius 3 is 2.52 bits per heavy atom. The van der Waals surface area contributed by atoms with E-state index in [2.05, 4.69) is 64.9 Å². The molecule has 6 nitrogen and oxygen atoms in total. The van der Waals surface area contributed by atoms with Crippen LogP contribution in [0.25, 0.3) is 27.5 Å². The van der Waals surface area contributed by atoms with Gasteiger partial charge < -0.3 is 5.32 Å². The highest BCUT2D eigenvalue weighted by atomic mass is 16.1. The zero-order valence-electron chi connectivity index (χ0n) is 16.3. The maximum absolute atomic E-state index is 12.6. The van der Waals surface area contributed by atoms with Gasteiger partial charge in [-0.3, -0.25) is 13.8 Å². The lowest BCUT2D eigenvalue weighted by atomic mass is 10.00. The van der Waals surface area contributed by atoms with Gasteiger partial charge in [-0.2, -0.15) is 0 Å². The molecule has 0 aliphatic carbocycles. The van der Waals surface area contributed by atoms with E-state index in [4.69, 9.17) is 0 Å². The maximum Gasteiger partial charge on any atom is 0.262 e. The van der Waals surface area contributed by atoms with E-state index in [0.717, 1.165) is 11.3 Å². The Morgan fingerprint density at radius 2 is 1.66 bits per heavy atom. The van der Waals surface area contributed by atoms with Crippen molar-refractivity contribution >= 4 is 27.5 Å². The monoisotopic (exact) mass is 383 g/mol. The minimum absolute atomic E-state index is 0.0656. The summed E-state index contributed by atoms with van der Waals surface area (Å²) in [7, 11) is 1.73. The Kier molecular flexibility index (Phi) is 4.14. The fraction of sp³-hybridized carbons (Fsp3) is 0.174. The maximum atomic E-state index is 12.6. The Labute approximate surface area is 167 Å². The summed E-state index contributed by atoms with van der Waals surface area (Å²) in [6, 6.07) is 22.5. The first-order valence-electron chi connectivity index (χ1n) is 9.68. The van der Waals surface area contributed by atoms with Crippen LogP contribution in [0.4, 0.5) is 0 Å². The molecule has 1 N–H and O–H groups in total. The van der Waals surface area contributed by atoms with Gasteiger partial charge in [-0.15, -0.1) is 10.2 Å². The van der Waals surface area contributed by atoms with Crippen LogP contribution in [0.15, 0.2) is 71.5 Å². The van der Waals surface area contributed by atoms with Gasteiger partial charge in [0.05, 0.1) is 17.4 Å². The minimum Gasteiger partial charge on any atom is -0.303 e. The Balaban J connectivity index is 1.54. The molecule has 0 saturated carbocycles. The van der Waals surface area contributed by atoms with Crippen molar-refractivity contribution in [3.63, 3.8) is 0 Å². The van der Waals surface area contributed by atoms with Gasteiger partial charge in [-0.25, -0.2) is 0 Å². The molecule has 0 amide bonds. The number of nitrogens with zero attached hydrogens (tertiary/aromatic N) is 4. The molecule has 29 heavy (non-hydrogen) atoms. The van der Waals surface area contributed by atoms with Gasteiger partial charge in [0.2, 0.25) is 5.78 Å². The number of para-hydroxylation sites is 1. The highest BCUT2D eigenvalue weighted by molar-refractivity contribution is 5.86. The third-order valence-electron chi connectivity index (χ3n) is 5.55. The molecule has 5 aromatic rings. The van der Waals surface area contributed by atoms with Crippen LogP contribution < -0.4 is 10.9 Å². The predicted molar refractivity (Wildman–Crippen MR) is 115 cm³/mol. The van der Waals surface area contributed by atoms with Gasteiger partial charge in [0.1, 0.15) is 0 Å². The molecule has 0 radical (unpaired) electrons. The van der Waals surface area contributed by atoms with Crippen molar-refractivity contribution < 1.29 is 0 Å². The third-order valence-corrected chi connectivity index (χ3v) is 5.55. The quantitative estimate of drug-likeness (QED) is 0.515. The molecule has 5 rings (SSSR count). The van der Waals surface area contributed by atoms with Gasteiger partial charge in [-0.05, 0) is 35.4 Å². The number of nitrogens with one attached hydrogen (secondary N) is 1. The van der Waals surface area contributed by atoms with Crippen LogP contribution in [0.3, 0.4) is 0 Å². The Hall–Kier alpha value is -3.51. The molecule has 2 aromatic heterocycles. The van der Waals surface area contributed by atoms with Gasteiger partial charge in [0.25, 0.3) is 5.56 Å². The molecule has 0 fully saturated rings. The largest absolute Gasteiger partial charge is 0.303 e. The Morgan fingerprint density at radius 1 is 0.931 bits per heavy atom. The first-order valence-corrected chi connectivity index (χ1v) is 9.68. The first kappa shape index (κ1) is 17.6. The van der Waals surface area contributed by atoms with Crippen LogP contribution >= 0.6 is 0 Å². The van der Waals surface area contributed by atoms with E-state index < -0.39 is 0 Å². The molecule has 6 heteroatoms. The van der Waals surface area contributed by atoms with Gasteiger partial charge in [0, 0.05) is 13.1 Å². The van der Waals surface area contributed by atoms with Crippen LogP contribution in [-0.2, 0) is 13.6 Å². The average molecular weight is 383 g/mol. The lowest BCUT2D eigenvalue weighted by Crippen LogP contribution is -2.22. The second kappa shape index (κ2) is 6.83. The van der Waals surface area contributed by atoms with E-state index in [1.807, 2.05) is 28.7 Å². The zero-order chi connectivity index (χ0) is 20.0. The van der Waals surface area contributed by atoms with Crippen molar-refractivity contribution in [1.29, 1.82) is 0 Å². The second-order valence-electron chi connectivity index (χ2n) is 7.30. The highest BCUT2D eigenvalue weighted by Gasteiger charge is 2.16. The topological polar surface area (TPSA) is 64.2 Å². The van der Waals surface area contributed by atoms with Crippen molar-refractivity contribution in [2.24, 2.45) is 7.05 Å². The highest BCUT2D eigenvalue weighted by Crippen LogP contribution is 2.24. The van der Waals surface area contributed by atoms with E-state index in [1.165, 1.54) is 16.3 Å². The number of rotatable bonds is 4. The van der Waals surface area contributed by atoms with Crippen LogP contribution in [0.5, 0.6) is 0 Å². The van der Waals surface area contributed by atoms with Crippen molar-refractivity contribution in [3.05, 3.63) is 88.5 Å². The average Bonchev–Trinajstić information content (AvgIpc) is 3.19. The molecule has 0 saturated heterocycles. The van der Waals surface area contributed by atoms with E-state index in [9.17, 15) is 4.79 Å². The summed E-state index contributed by atoms with van der Waals surface area (Å²) in [6.45, 7) is 2.69. The number of fused-ring (bicyclic) bond motifs is 4. The van der Waals surface area contributed by atoms with Crippen LogP contribution in [0, 0.1) is 0 Å². The van der Waals surface area contributed by atoms with E-state index in [1.54, 1.807) is 11.6 Å². The van der Waals surface area contributed by atoms with Gasteiger partial charge >= 0.3 is 0 Å². The molecule has 0 aliphatic heterocycles. The van der Waals surface area contributed by atoms with Crippen molar-refractivity contribution in [3.8, 4) is 0 Å². The minimum atomic E-state index is -0.0656. The van der Waals surface area contributed by atoms with Gasteiger partial charge in [0.15, 0.2) is 5.82 Å². The summed E-state index contributed by atoms with van der Waals surface area (Å²) in [5.41, 5.74) is 2.00. The smallest absolute Gasteiger partial charge is 0.262 e. The SMILES string of the molecule is CC(NCc1nnc2n(C)c(=O)c3ccccc3n12)c1cccc2ccccc12. The summed E-state index contributed by atoms with van der Waals surface area (Å²) in [4.78, 5) is 12.6. The molecule has 1 unspecified atom stereocenters. The standard InChI is InChI=1S/C23H21N5O/c1-15(17-12-7-9-16-8-3-4-10-18(16)17)24-14-21-25-26-23-27(2)22(29)19-11-5-6-13-20(19)28(21)23/h3-13,15,24H,14H2,1-2H3. The van der Waals surface area contributed by atoms with E-state index in [-0.39, 0.29) is 11.6 Å². The molecule has 0 aliphatic rings. The zero-order valence-corrected chi connectivity index (χ0v) is 16.3. The molecular weight excluding hydrogens is 362 g/mol. The molecule has 2 heterocycles. The second-order valence-corrected chi connectivity index (χ2v) is 7.30. The molecule has 0 spiro atoms. The van der Waals surface area contributed by atoms with E-state index in [0.29, 0.717) is 17.7 Å². The van der Waals surface area contributed by atoms with Crippen LogP contribution in [-0.4, -0.2) is 19.2 Å². The van der Waals surface area contributed by atoms with Crippen molar-refractivity contribution in [1.82, 2.24) is 24.5 Å². The Bertz CT molecular complexity index is 1410. The number of hydrogen-bond donors (Lipinski definition) is 1. The van der Waals surface area contributed by atoms with Crippen molar-refractivity contribution in [2.45, 2.75) is 19.5 Å². The fourth-order valence-corrected chi connectivity index (χ4v) is 3.99. The van der Waals surface area contributed by atoms with Crippen LogP contribution in [0.2, 0.25) is 0 Å². The van der Waals surface area contributed by atoms with E-state index >= 15 is 0 Å². The van der Waals surface area contributed by atoms with Gasteiger partial charge in [-0.1, -0.05) is 54.6 Å². The lowest BCUT2D eigenvalue weighted by Gasteiger charge is -2.16. The molecular formula is C23H21N5O. The van der Waals surface area contributed by atoms with Crippen LogP contribution in [0.1, 0.15) is 24.4 Å². The number of aryl methyl sites for hydroxylation is 1. The lowest BCUT2D eigenvalue weighted by molar-refractivity contribution is 0.560. The van der Waals surface area contributed by atoms with Crippen molar-refractivity contribution in [2.75, 3.05) is 0 Å². The predicted octanol–water partition coefficient (Wildman–Crippen LogP) is 3.59. The number of aromatic nitrogens is 4. The molecule has 0 bridgehead atoms. The molecule has 3 aromatic carbocycles. The number of hydrogen-bond acceptors (Lipinski definition) is 4. The molecule has 1 atom stereocenters. The summed E-state index contributed by atoms with van der Waals surface area (Å²) in [6.07, 6.45) is 0. The third kappa shape index (κ3) is 2.80. The fourth-order valence-electron chi connectivity index (χ4n) is 3.99. The summed E-state index contributed by atoms with van der Waals surface area (Å²) >= 11 is 0. The normalized spacial score (nSPS) is 12.8. The summed E-state index contributed by atoms with van der Waals surface area (Å²) < 4.78 is 3.51.